The van der Waals surface area contributed by atoms with Crippen LogP contribution in [-0.2, 0) is 0 Å². The van der Waals surface area contributed by atoms with Gasteiger partial charge in [0.05, 0.1) is 33.8 Å². The summed E-state index contributed by atoms with van der Waals surface area (Å²) in [6, 6.07) is 39.2. The number of fused-ring (bicyclic) bond motifs is 11. The highest BCUT2D eigenvalue weighted by Crippen LogP contribution is 2.27. The van der Waals surface area contributed by atoms with Crippen molar-refractivity contribution in [1.82, 2.24) is 109 Å². The first-order valence-electron chi connectivity index (χ1n) is 51.2. The molecule has 11 N–H and O–H groups in total. The fraction of sp³-hybridized carbons (Fsp3) is 0.367. The summed E-state index contributed by atoms with van der Waals surface area (Å²) in [5.41, 5.74) is 41.6. The minimum absolute atomic E-state index is 0.877. The maximum absolute atomic E-state index is 4.40. The van der Waals surface area contributed by atoms with Crippen molar-refractivity contribution in [3.63, 3.8) is 0 Å². The Balaban J connectivity index is 0.000000765. The Labute approximate surface area is 850 Å². The third kappa shape index (κ3) is 34.9. The normalized spacial score (nSPS) is 9.55. The Kier molecular flexibility index (Phi) is 60.1. The van der Waals surface area contributed by atoms with Crippen LogP contribution in [0.2, 0.25) is 0 Å². The molecule has 0 amide bonds. The summed E-state index contributed by atoms with van der Waals surface area (Å²) in [6.07, 6.45) is 25.5. The third-order valence-electron chi connectivity index (χ3n) is 22.7. The van der Waals surface area contributed by atoms with Crippen molar-refractivity contribution in [2.45, 2.75) is 305 Å². The zero-order chi connectivity index (χ0) is 108. The number of aromatic nitrogens is 22. The van der Waals surface area contributed by atoms with Crippen LogP contribution in [0, 0.1) is 152 Å². The Morgan fingerprint density at radius 2 is 0.592 bits per heavy atom. The lowest BCUT2D eigenvalue weighted by atomic mass is 10.2. The van der Waals surface area contributed by atoms with Crippen molar-refractivity contribution in [3.8, 4) is 0 Å². The lowest BCUT2D eigenvalue weighted by molar-refractivity contribution is 0.945. The summed E-state index contributed by atoms with van der Waals surface area (Å²) in [5, 5.41) is 13.2. The second kappa shape index (κ2) is 67.9. The third-order valence-corrected chi connectivity index (χ3v) is 22.7. The summed E-state index contributed by atoms with van der Waals surface area (Å²) >= 11 is 0. The molecular formula is C120H176N22. The molecule has 0 unspecified atom stereocenters. The molecule has 0 atom stereocenters. The van der Waals surface area contributed by atoms with E-state index >= 15 is 0 Å². The first-order valence-corrected chi connectivity index (χ1v) is 51.2. The molecule has 22 rings (SSSR count). The van der Waals surface area contributed by atoms with E-state index in [0.717, 1.165) is 66.9 Å². The fourth-order valence-electron chi connectivity index (χ4n) is 14.0. The van der Waals surface area contributed by atoms with Crippen LogP contribution >= 0.6 is 0 Å². The molecule has 20 aromatic heterocycles. The van der Waals surface area contributed by atoms with Gasteiger partial charge in [0, 0.05) is 197 Å². The molecule has 20 heterocycles. The molecule has 2 aromatic carbocycles. The van der Waals surface area contributed by atoms with E-state index in [-0.39, 0.29) is 0 Å². The highest BCUT2D eigenvalue weighted by molar-refractivity contribution is 5.88. The quantitative estimate of drug-likeness (QED) is 0.0682. The monoisotopic (exact) mass is 1930 g/mol. The minimum atomic E-state index is 0.877. The van der Waals surface area contributed by atoms with E-state index in [1.54, 1.807) is 37.3 Å². The smallest absolute Gasteiger partial charge is 0.156 e. The van der Waals surface area contributed by atoms with Gasteiger partial charge in [0.1, 0.15) is 28.8 Å². The maximum Gasteiger partial charge on any atom is 0.156 e. The van der Waals surface area contributed by atoms with Crippen LogP contribution in [0.15, 0.2) is 202 Å². The number of para-hydroxylation sites is 2. The number of hydrogen-bond acceptors (Lipinski definition) is 10. The molecule has 142 heavy (non-hydrogen) atoms. The largest absolute Gasteiger partial charge is 0.365 e. The number of nitrogens with one attached hydrogen (secondary N) is 11. The van der Waals surface area contributed by atoms with Crippen LogP contribution in [0.3, 0.4) is 0 Å². The maximum atomic E-state index is 4.40. The second-order valence-corrected chi connectivity index (χ2v) is 30.5. The van der Waals surface area contributed by atoms with Gasteiger partial charge in [-0.3, -0.25) is 34.5 Å². The first-order chi connectivity index (χ1) is 68.6. The summed E-state index contributed by atoms with van der Waals surface area (Å²) in [7, 11) is 0. The van der Waals surface area contributed by atoms with Gasteiger partial charge in [0.25, 0.3) is 0 Å². The molecule has 22 nitrogen and oxygen atoms in total. The van der Waals surface area contributed by atoms with Crippen molar-refractivity contribution in [1.29, 1.82) is 0 Å². The van der Waals surface area contributed by atoms with Gasteiger partial charge in [-0.05, 0) is 292 Å². The minimum Gasteiger partial charge on any atom is -0.365 e. The predicted molar refractivity (Wildman–Crippen MR) is 622 cm³/mol. The van der Waals surface area contributed by atoms with Crippen molar-refractivity contribution in [2.24, 2.45) is 0 Å². The molecule has 0 fully saturated rings. The molecule has 0 aliphatic rings. The molecule has 0 aliphatic heterocycles. The molecule has 0 spiro atoms. The van der Waals surface area contributed by atoms with Crippen molar-refractivity contribution in [2.75, 3.05) is 0 Å². The van der Waals surface area contributed by atoms with Gasteiger partial charge in [0.15, 0.2) is 5.65 Å². The van der Waals surface area contributed by atoms with E-state index < -0.39 is 0 Å². The molecule has 22 aromatic rings. The second-order valence-electron chi connectivity index (χ2n) is 30.5. The number of benzene rings is 2. The van der Waals surface area contributed by atoms with E-state index in [9.17, 15) is 0 Å². The molecule has 766 valence electrons. The van der Waals surface area contributed by atoms with Crippen LogP contribution in [0.1, 0.15) is 276 Å². The van der Waals surface area contributed by atoms with Crippen LogP contribution in [0.25, 0.3) is 115 Å². The van der Waals surface area contributed by atoms with Gasteiger partial charge in [-0.25, -0.2) is 24.9 Å². The van der Waals surface area contributed by atoms with Crippen LogP contribution < -0.4 is 0 Å². The zero-order valence-corrected chi connectivity index (χ0v) is 95.0. The average molecular weight is 1930 g/mol. The number of aryl methyl sites for hydroxylation is 22. The molecule has 22 heteroatoms. The van der Waals surface area contributed by atoms with Crippen LogP contribution in [-0.4, -0.2) is 109 Å². The van der Waals surface area contributed by atoms with E-state index in [2.05, 4.69) is 302 Å². The lowest BCUT2D eigenvalue weighted by Gasteiger charge is -1.97. The summed E-state index contributed by atoms with van der Waals surface area (Å²) in [5.74, 6) is 0. The highest BCUT2D eigenvalue weighted by Gasteiger charge is 2.11. The molecular weight excluding hydrogens is 1750 g/mol. The highest BCUT2D eigenvalue weighted by atomic mass is 15.2. The topological polar surface area (TPSA) is 307 Å². The van der Waals surface area contributed by atoms with Crippen LogP contribution in [0.5, 0.6) is 0 Å². The standard InChI is InChI=1S/2C10H11N.6C9H10N2.2C8H9N3.C8H10N2.11C2H6/c2*1-7-8(2)11-10-6-4-3-5-9(7)10;1-6-3-8-4-10-5-9(8)11-7(6)2;1-6-7(2)11-9-3-4-10-5-8(6)9;1-6-7(2)11-9-5-10-4-3-8(6)9;1-6-7(2)11-8-4-3-5-10-9(6)8;2*1-6-7(2)11-9-8(6)4-3-5-10-9;1-5-6(2)11-8-7(5)3-9-4-10-8;1-5-6(2)11-8-7(5)9-3-4-10-8;1-6-7(2)9-10-5-3-4-8(6)10;11*1-2/h2*3-6,11H,1-2H3;3-5,10H,1-2H3;3*3-5,11H,1-2H3;2*3-5H,1-2H3,(H,10,11);3-4H,1-2H3,(H,9,10,11);3-4H,1-2H3,(H,10,11);3-5,9H,1-2H3;11*1-2H3. The van der Waals surface area contributed by atoms with Crippen molar-refractivity contribution in [3.05, 3.63) is 326 Å². The Morgan fingerprint density at radius 3 is 1.06 bits per heavy atom. The average Bonchev–Trinajstić information content (AvgIpc) is 1.66. The summed E-state index contributed by atoms with van der Waals surface area (Å²) in [4.78, 5) is 73.9. The predicted octanol–water partition coefficient (Wildman–Crippen LogP) is 35.0. The van der Waals surface area contributed by atoms with Gasteiger partial charge in [-0.2, -0.15) is 0 Å². The SMILES string of the molecule is CC.CC.CC.CC.CC.CC.CC.CC.CC.CC.CC.Cc1[nH]c2ccccc2c1C.Cc1[nH]c2ccccc2c1C.Cc1[nH]c2cccnc2c1C.Cc1[nH]c2ccncc2c1C.Cc1[nH]c2cnccc2c1C.Cc1[nH]c2ncccc2c1C.Cc1[nH]c2ncccc2c1C.Cc1[nH]c2nccnc2c1C.Cc1[nH]c2ncncc2c1C.Cc1[nH]n2cccc2c1C.Cc1cc2c[nH]cc2nc1C. The number of nitrogens with zero attached hydrogens (tertiary/aromatic N) is 11. The number of rotatable bonds is 0. The van der Waals surface area contributed by atoms with Crippen molar-refractivity contribution >= 4 is 115 Å². The summed E-state index contributed by atoms with van der Waals surface area (Å²) in [6.45, 7) is 89.9. The van der Waals surface area contributed by atoms with E-state index in [1.807, 2.05) is 277 Å². The molecule has 0 radical (unpaired) electrons. The molecule has 0 saturated carbocycles. The Hall–Kier alpha value is -14.3. The van der Waals surface area contributed by atoms with Gasteiger partial charge in [0.2, 0.25) is 0 Å². The number of H-pyrrole nitrogens is 11. The Morgan fingerprint density at radius 1 is 0.239 bits per heavy atom. The van der Waals surface area contributed by atoms with Gasteiger partial charge in [-0.1, -0.05) is 189 Å². The fourth-order valence-corrected chi connectivity index (χ4v) is 14.0. The molecule has 0 saturated heterocycles. The van der Waals surface area contributed by atoms with Crippen molar-refractivity contribution < 1.29 is 0 Å². The van der Waals surface area contributed by atoms with Gasteiger partial charge in [-0.15, -0.1) is 0 Å². The number of pyridine rings is 6. The Bertz CT molecular complexity index is 6030. The summed E-state index contributed by atoms with van der Waals surface area (Å²) < 4.78 is 2.03. The van der Waals surface area contributed by atoms with Crippen LogP contribution in [0.4, 0.5) is 0 Å². The zero-order valence-electron chi connectivity index (χ0n) is 95.0. The van der Waals surface area contributed by atoms with Gasteiger partial charge < -0.3 is 49.8 Å². The van der Waals surface area contributed by atoms with E-state index in [0.29, 0.717) is 0 Å². The number of aromatic amines is 11. The lowest BCUT2D eigenvalue weighted by Crippen LogP contribution is -1.84. The van der Waals surface area contributed by atoms with Gasteiger partial charge >= 0.3 is 0 Å². The van der Waals surface area contributed by atoms with E-state index in [1.165, 1.54) is 172 Å². The van der Waals surface area contributed by atoms with E-state index in [4.69, 9.17) is 0 Å². The molecule has 0 bridgehead atoms. The first kappa shape index (κ1) is 126. The number of hydrogen-bond donors (Lipinski definition) is 11. The molecule has 0 aliphatic carbocycles.